The van der Waals surface area contributed by atoms with Crippen LogP contribution >= 0.6 is 0 Å². The lowest BCUT2D eigenvalue weighted by molar-refractivity contribution is 0.0599. The van der Waals surface area contributed by atoms with Gasteiger partial charge in [0, 0.05) is 11.6 Å². The zero-order valence-corrected chi connectivity index (χ0v) is 14.3. The van der Waals surface area contributed by atoms with Crippen LogP contribution in [0.4, 0.5) is 11.9 Å². The van der Waals surface area contributed by atoms with Gasteiger partial charge in [0.15, 0.2) is 0 Å². The van der Waals surface area contributed by atoms with Crippen molar-refractivity contribution in [2.45, 2.75) is 13.8 Å². The van der Waals surface area contributed by atoms with Crippen LogP contribution in [-0.2, 0) is 4.74 Å². The predicted octanol–water partition coefficient (Wildman–Crippen LogP) is 2.58. The first-order valence-corrected chi connectivity index (χ1v) is 7.53. The van der Waals surface area contributed by atoms with Crippen LogP contribution in [0.2, 0.25) is 0 Å². The number of ether oxygens (including phenoxy) is 2. The van der Waals surface area contributed by atoms with Gasteiger partial charge in [0.25, 0.3) is 0 Å². The molecular formula is C17H17N5O3. The van der Waals surface area contributed by atoms with Gasteiger partial charge in [-0.05, 0) is 32.0 Å². The average Bonchev–Trinajstić information content (AvgIpc) is 2.61. The number of benzene rings is 1. The van der Waals surface area contributed by atoms with Crippen LogP contribution in [0.3, 0.4) is 0 Å². The number of methoxy groups -OCH3 is 2. The summed E-state index contributed by atoms with van der Waals surface area (Å²) in [4.78, 5) is 28.8. The highest BCUT2D eigenvalue weighted by atomic mass is 16.5. The maximum Gasteiger partial charge on any atom is 0.341 e. The Morgan fingerprint density at radius 1 is 1.04 bits per heavy atom. The number of anilines is 2. The summed E-state index contributed by atoms with van der Waals surface area (Å²) in [7, 11) is 2.93. The fourth-order valence-corrected chi connectivity index (χ4v) is 2.38. The number of aryl methyl sites for hydroxylation is 2. The monoisotopic (exact) mass is 339 g/mol. The van der Waals surface area contributed by atoms with Gasteiger partial charge in [-0.15, -0.1) is 0 Å². The number of fused-ring (bicyclic) bond motifs is 1. The van der Waals surface area contributed by atoms with E-state index in [1.54, 1.807) is 14.0 Å². The van der Waals surface area contributed by atoms with Crippen molar-refractivity contribution in [2.75, 3.05) is 19.5 Å². The molecule has 128 valence electrons. The van der Waals surface area contributed by atoms with Crippen molar-refractivity contribution >= 4 is 28.8 Å². The number of carbonyl (C=O) groups excluding carboxylic acids is 1. The van der Waals surface area contributed by atoms with Crippen LogP contribution in [0.5, 0.6) is 5.75 Å². The zero-order valence-electron chi connectivity index (χ0n) is 14.3. The molecule has 3 rings (SSSR count). The van der Waals surface area contributed by atoms with Gasteiger partial charge >= 0.3 is 5.97 Å². The molecule has 0 aliphatic carbocycles. The molecule has 3 aromatic rings. The molecule has 0 bridgehead atoms. The second-order valence-corrected chi connectivity index (χ2v) is 5.32. The average molecular weight is 339 g/mol. The summed E-state index contributed by atoms with van der Waals surface area (Å²) in [6.45, 7) is 3.60. The third-order valence-corrected chi connectivity index (χ3v) is 3.70. The molecule has 0 saturated carbocycles. The van der Waals surface area contributed by atoms with E-state index in [1.165, 1.54) is 13.3 Å². The van der Waals surface area contributed by atoms with Gasteiger partial charge in [0.05, 0.1) is 36.7 Å². The zero-order chi connectivity index (χ0) is 18.0. The summed E-state index contributed by atoms with van der Waals surface area (Å²) in [5.74, 6) is 0.950. The van der Waals surface area contributed by atoms with Crippen molar-refractivity contribution in [3.63, 3.8) is 0 Å². The van der Waals surface area contributed by atoms with Crippen molar-refractivity contribution in [1.82, 2.24) is 19.9 Å². The van der Waals surface area contributed by atoms with E-state index in [2.05, 4.69) is 30.0 Å². The molecule has 25 heavy (non-hydrogen) atoms. The van der Waals surface area contributed by atoms with Crippen LogP contribution in [0.15, 0.2) is 24.4 Å². The van der Waals surface area contributed by atoms with Crippen LogP contribution < -0.4 is 10.1 Å². The molecule has 0 aliphatic rings. The van der Waals surface area contributed by atoms with Gasteiger partial charge in [-0.25, -0.2) is 24.7 Å². The highest BCUT2D eigenvalue weighted by Gasteiger charge is 2.13. The highest BCUT2D eigenvalue weighted by molar-refractivity contribution is 5.90. The Hall–Kier alpha value is -3.29. The number of hydrogen-bond acceptors (Lipinski definition) is 8. The second kappa shape index (κ2) is 6.68. The van der Waals surface area contributed by atoms with E-state index in [1.807, 2.05) is 25.1 Å². The summed E-state index contributed by atoms with van der Waals surface area (Å²) < 4.78 is 9.91. The fourth-order valence-electron chi connectivity index (χ4n) is 2.38. The van der Waals surface area contributed by atoms with Crippen molar-refractivity contribution < 1.29 is 14.3 Å². The molecule has 8 heteroatoms. The van der Waals surface area contributed by atoms with Gasteiger partial charge in [-0.3, -0.25) is 5.32 Å². The standard InChI is InChI=1S/C17H17N5O3/c1-9-12-7-11(24-3)5-6-14(12)21-17(20-9)22-16-18-8-13(10(2)19-16)15(23)25-4/h5-8H,1-4H3,(H,18,19,20,21,22). The van der Waals surface area contributed by atoms with E-state index < -0.39 is 5.97 Å². The van der Waals surface area contributed by atoms with Crippen LogP contribution in [-0.4, -0.2) is 40.1 Å². The third kappa shape index (κ3) is 3.32. The smallest absolute Gasteiger partial charge is 0.341 e. The number of aromatic nitrogens is 4. The van der Waals surface area contributed by atoms with Crippen molar-refractivity contribution in [3.05, 3.63) is 41.3 Å². The Kier molecular flexibility index (Phi) is 4.42. The normalized spacial score (nSPS) is 10.6. The first-order chi connectivity index (χ1) is 12.0. The van der Waals surface area contributed by atoms with Crippen molar-refractivity contribution in [1.29, 1.82) is 0 Å². The predicted molar refractivity (Wildman–Crippen MR) is 92.2 cm³/mol. The summed E-state index contributed by atoms with van der Waals surface area (Å²) in [6.07, 6.45) is 1.41. The number of hydrogen-bond donors (Lipinski definition) is 1. The van der Waals surface area contributed by atoms with Gasteiger partial charge < -0.3 is 9.47 Å². The first-order valence-electron chi connectivity index (χ1n) is 7.53. The SMILES string of the molecule is COC(=O)c1cnc(Nc2nc(C)c3cc(OC)ccc3n2)nc1C. The van der Waals surface area contributed by atoms with E-state index >= 15 is 0 Å². The second-order valence-electron chi connectivity index (χ2n) is 5.32. The molecule has 8 nitrogen and oxygen atoms in total. The molecule has 2 heterocycles. The fraction of sp³-hybridized carbons (Fsp3) is 0.235. The first kappa shape index (κ1) is 16.6. The Morgan fingerprint density at radius 3 is 2.48 bits per heavy atom. The molecule has 0 atom stereocenters. The van der Waals surface area contributed by atoms with E-state index in [0.29, 0.717) is 23.2 Å². The molecule has 2 aromatic heterocycles. The number of rotatable bonds is 4. The topological polar surface area (TPSA) is 99.1 Å². The van der Waals surface area contributed by atoms with E-state index in [0.717, 1.165) is 22.3 Å². The lowest BCUT2D eigenvalue weighted by atomic mass is 10.2. The number of esters is 1. The maximum absolute atomic E-state index is 11.6. The van der Waals surface area contributed by atoms with Crippen molar-refractivity contribution in [3.8, 4) is 5.75 Å². The third-order valence-electron chi connectivity index (χ3n) is 3.70. The van der Waals surface area contributed by atoms with Gasteiger partial charge in [0.1, 0.15) is 5.75 Å². The minimum Gasteiger partial charge on any atom is -0.497 e. The summed E-state index contributed by atoms with van der Waals surface area (Å²) in [5.41, 5.74) is 2.40. The summed E-state index contributed by atoms with van der Waals surface area (Å²) in [6, 6.07) is 5.59. The van der Waals surface area contributed by atoms with Crippen LogP contribution in [0.25, 0.3) is 10.9 Å². The minimum absolute atomic E-state index is 0.303. The molecule has 1 N–H and O–H groups in total. The Morgan fingerprint density at radius 2 is 1.80 bits per heavy atom. The molecule has 0 aliphatic heterocycles. The van der Waals surface area contributed by atoms with Gasteiger partial charge in [0.2, 0.25) is 11.9 Å². The number of carbonyl (C=O) groups is 1. The number of nitrogens with one attached hydrogen (secondary N) is 1. The summed E-state index contributed by atoms with van der Waals surface area (Å²) >= 11 is 0. The Bertz CT molecular complexity index is 958. The quantitative estimate of drug-likeness (QED) is 0.724. The van der Waals surface area contributed by atoms with E-state index in [-0.39, 0.29) is 0 Å². The molecule has 0 amide bonds. The molecule has 0 spiro atoms. The molecule has 0 radical (unpaired) electrons. The van der Waals surface area contributed by atoms with Crippen molar-refractivity contribution in [2.24, 2.45) is 0 Å². The molecular weight excluding hydrogens is 322 g/mol. The lowest BCUT2D eigenvalue weighted by Crippen LogP contribution is -2.09. The van der Waals surface area contributed by atoms with E-state index in [9.17, 15) is 4.79 Å². The number of nitrogens with zero attached hydrogens (tertiary/aromatic N) is 4. The minimum atomic E-state index is -0.476. The van der Waals surface area contributed by atoms with Gasteiger partial charge in [-0.2, -0.15) is 0 Å². The summed E-state index contributed by atoms with van der Waals surface area (Å²) in [5, 5.41) is 3.87. The van der Waals surface area contributed by atoms with Gasteiger partial charge in [-0.1, -0.05) is 0 Å². The lowest BCUT2D eigenvalue weighted by Gasteiger charge is -2.09. The van der Waals surface area contributed by atoms with Crippen LogP contribution in [0.1, 0.15) is 21.7 Å². The Balaban J connectivity index is 1.93. The Labute approximate surface area is 144 Å². The molecule has 0 fully saturated rings. The molecule has 0 unspecified atom stereocenters. The highest BCUT2D eigenvalue weighted by Crippen LogP contribution is 2.23. The van der Waals surface area contributed by atoms with Crippen LogP contribution in [0, 0.1) is 13.8 Å². The molecule has 0 saturated heterocycles. The molecule has 1 aromatic carbocycles. The van der Waals surface area contributed by atoms with E-state index in [4.69, 9.17) is 4.74 Å². The largest absolute Gasteiger partial charge is 0.497 e. The maximum atomic E-state index is 11.6.